The third-order valence-corrected chi connectivity index (χ3v) is 2.23. The number of hydrogen-bond acceptors (Lipinski definition) is 2. The Balaban J connectivity index is 2.94. The van der Waals surface area contributed by atoms with Gasteiger partial charge in [0.2, 0.25) is 0 Å². The molecule has 2 nitrogen and oxygen atoms in total. The van der Waals surface area contributed by atoms with E-state index in [-0.39, 0.29) is 12.2 Å². The highest BCUT2D eigenvalue weighted by Gasteiger charge is 2.34. The van der Waals surface area contributed by atoms with Crippen molar-refractivity contribution in [1.29, 1.82) is 0 Å². The lowest BCUT2D eigenvalue weighted by Gasteiger charge is -2.19. The minimum Gasteiger partial charge on any atom is -0.368 e. The molecule has 0 aliphatic rings. The third kappa shape index (κ3) is 4.63. The van der Waals surface area contributed by atoms with Crippen molar-refractivity contribution in [2.45, 2.75) is 32.5 Å². The first-order valence-electron chi connectivity index (χ1n) is 5.54. The predicted octanol–water partition coefficient (Wildman–Crippen LogP) is 3.84. The monoisotopic (exact) mass is 278 g/mol. The highest BCUT2D eigenvalue weighted by atomic mass is 19.4. The Morgan fingerprint density at radius 1 is 1.21 bits per heavy atom. The maximum atomic E-state index is 13.0. The van der Waals surface area contributed by atoms with Gasteiger partial charge in [-0.2, -0.15) is 13.2 Å². The SMILES string of the molecule is CC(C)(C)OCC(=O)c1ccc(F)c(C(F)(F)F)c1. The van der Waals surface area contributed by atoms with E-state index >= 15 is 0 Å². The standard InChI is InChI=1S/C13H14F4O2/c1-12(2,3)19-7-11(18)8-4-5-10(14)9(6-8)13(15,16)17/h4-6H,7H2,1-3H3. The van der Waals surface area contributed by atoms with Crippen molar-refractivity contribution in [3.63, 3.8) is 0 Å². The summed E-state index contributed by atoms with van der Waals surface area (Å²) >= 11 is 0. The van der Waals surface area contributed by atoms with Gasteiger partial charge in [0.1, 0.15) is 12.4 Å². The third-order valence-electron chi connectivity index (χ3n) is 2.23. The molecule has 0 fully saturated rings. The van der Waals surface area contributed by atoms with Crippen LogP contribution in [0, 0.1) is 5.82 Å². The van der Waals surface area contributed by atoms with Crippen molar-refractivity contribution < 1.29 is 27.1 Å². The summed E-state index contributed by atoms with van der Waals surface area (Å²) in [7, 11) is 0. The molecule has 0 radical (unpaired) electrons. The van der Waals surface area contributed by atoms with Gasteiger partial charge in [0.05, 0.1) is 11.2 Å². The Hall–Kier alpha value is -1.43. The van der Waals surface area contributed by atoms with Crippen LogP contribution < -0.4 is 0 Å². The quantitative estimate of drug-likeness (QED) is 0.620. The van der Waals surface area contributed by atoms with Crippen molar-refractivity contribution in [1.82, 2.24) is 0 Å². The minimum absolute atomic E-state index is 0.224. The van der Waals surface area contributed by atoms with Crippen LogP contribution in [0.2, 0.25) is 0 Å². The summed E-state index contributed by atoms with van der Waals surface area (Å²) in [6, 6.07) is 2.15. The fraction of sp³-hybridized carbons (Fsp3) is 0.462. The van der Waals surface area contributed by atoms with E-state index in [2.05, 4.69) is 0 Å². The highest BCUT2D eigenvalue weighted by Crippen LogP contribution is 2.32. The number of Topliss-reactive ketones (excluding diaryl/α,β-unsaturated/α-hetero) is 1. The Labute approximate surface area is 108 Å². The maximum Gasteiger partial charge on any atom is 0.419 e. The van der Waals surface area contributed by atoms with Gasteiger partial charge < -0.3 is 4.74 Å². The van der Waals surface area contributed by atoms with Crippen LogP contribution in [-0.4, -0.2) is 18.0 Å². The zero-order chi connectivity index (χ0) is 14.8. The predicted molar refractivity (Wildman–Crippen MR) is 61.4 cm³/mol. The zero-order valence-corrected chi connectivity index (χ0v) is 10.8. The second-order valence-corrected chi connectivity index (χ2v) is 5.02. The first kappa shape index (κ1) is 15.6. The largest absolute Gasteiger partial charge is 0.419 e. The molecule has 1 aromatic carbocycles. The molecule has 106 valence electrons. The average Bonchev–Trinajstić information content (AvgIpc) is 2.24. The van der Waals surface area contributed by atoms with Crippen molar-refractivity contribution in [2.75, 3.05) is 6.61 Å². The van der Waals surface area contributed by atoms with Crippen LogP contribution in [0.3, 0.4) is 0 Å². The first-order valence-corrected chi connectivity index (χ1v) is 5.54. The number of rotatable bonds is 3. The lowest BCUT2D eigenvalue weighted by atomic mass is 10.1. The molecule has 1 aromatic rings. The zero-order valence-electron chi connectivity index (χ0n) is 10.8. The van der Waals surface area contributed by atoms with Crippen LogP contribution in [0.5, 0.6) is 0 Å². The van der Waals surface area contributed by atoms with Crippen LogP contribution in [0.25, 0.3) is 0 Å². The van der Waals surface area contributed by atoms with Gasteiger partial charge in [-0.1, -0.05) is 0 Å². The summed E-state index contributed by atoms with van der Waals surface area (Å²) in [6.45, 7) is 4.79. The molecule has 0 heterocycles. The number of carbonyl (C=O) groups is 1. The van der Waals surface area contributed by atoms with Crippen molar-refractivity contribution >= 4 is 5.78 Å². The number of ketones is 1. The maximum absolute atomic E-state index is 13.0. The van der Waals surface area contributed by atoms with Crippen molar-refractivity contribution in [2.24, 2.45) is 0 Å². The van der Waals surface area contributed by atoms with E-state index in [1.807, 2.05) is 0 Å². The highest BCUT2D eigenvalue weighted by molar-refractivity contribution is 5.97. The van der Waals surface area contributed by atoms with E-state index < -0.39 is 28.9 Å². The van der Waals surface area contributed by atoms with Gasteiger partial charge >= 0.3 is 6.18 Å². The van der Waals surface area contributed by atoms with Crippen molar-refractivity contribution in [3.8, 4) is 0 Å². The number of hydrogen-bond donors (Lipinski definition) is 0. The molecule has 0 atom stereocenters. The molecule has 0 spiro atoms. The van der Waals surface area contributed by atoms with Gasteiger partial charge in [0.15, 0.2) is 5.78 Å². The van der Waals surface area contributed by atoms with Gasteiger partial charge in [-0.3, -0.25) is 4.79 Å². The van der Waals surface area contributed by atoms with Gasteiger partial charge in [-0.15, -0.1) is 0 Å². The molecule has 0 bridgehead atoms. The van der Waals surface area contributed by atoms with Crippen LogP contribution >= 0.6 is 0 Å². The molecule has 0 aliphatic carbocycles. The Kier molecular flexibility index (Phi) is 4.35. The van der Waals surface area contributed by atoms with Gasteiger partial charge in [-0.05, 0) is 39.0 Å². The molecule has 0 saturated heterocycles. The van der Waals surface area contributed by atoms with Crippen molar-refractivity contribution in [3.05, 3.63) is 35.1 Å². The van der Waals surface area contributed by atoms with Crippen LogP contribution in [-0.2, 0) is 10.9 Å². The van der Waals surface area contributed by atoms with Crippen LogP contribution in [0.4, 0.5) is 17.6 Å². The van der Waals surface area contributed by atoms with E-state index in [1.165, 1.54) is 0 Å². The molecule has 0 aliphatic heterocycles. The fourth-order valence-electron chi connectivity index (χ4n) is 1.28. The molecular formula is C13H14F4O2. The Morgan fingerprint density at radius 3 is 2.26 bits per heavy atom. The number of benzene rings is 1. The molecule has 0 unspecified atom stereocenters. The summed E-state index contributed by atoms with van der Waals surface area (Å²) < 4.78 is 55.7. The molecule has 19 heavy (non-hydrogen) atoms. The molecule has 0 amide bonds. The average molecular weight is 278 g/mol. The van der Waals surface area contributed by atoms with Crippen LogP contribution in [0.1, 0.15) is 36.7 Å². The van der Waals surface area contributed by atoms with E-state index in [4.69, 9.17) is 4.74 Å². The van der Waals surface area contributed by atoms with E-state index in [1.54, 1.807) is 20.8 Å². The molecule has 0 N–H and O–H groups in total. The number of carbonyl (C=O) groups excluding carboxylic acids is 1. The smallest absolute Gasteiger partial charge is 0.368 e. The van der Waals surface area contributed by atoms with Gasteiger partial charge in [-0.25, -0.2) is 4.39 Å². The molecule has 6 heteroatoms. The summed E-state index contributed by atoms with van der Waals surface area (Å²) in [5.41, 5.74) is -2.25. The number of ether oxygens (including phenoxy) is 1. The number of halogens is 4. The Morgan fingerprint density at radius 2 is 1.79 bits per heavy atom. The molecule has 0 aromatic heterocycles. The first-order chi connectivity index (χ1) is 8.50. The van der Waals surface area contributed by atoms with E-state index in [0.717, 1.165) is 6.07 Å². The lowest BCUT2D eigenvalue weighted by Crippen LogP contribution is -2.24. The minimum atomic E-state index is -4.83. The molecular weight excluding hydrogens is 264 g/mol. The second-order valence-electron chi connectivity index (χ2n) is 5.02. The molecule has 1 rings (SSSR count). The van der Waals surface area contributed by atoms with E-state index in [9.17, 15) is 22.4 Å². The number of alkyl halides is 3. The van der Waals surface area contributed by atoms with Crippen LogP contribution in [0.15, 0.2) is 18.2 Å². The molecule has 0 saturated carbocycles. The normalized spacial score (nSPS) is 12.6. The topological polar surface area (TPSA) is 26.3 Å². The van der Waals surface area contributed by atoms with Gasteiger partial charge in [0.25, 0.3) is 0 Å². The summed E-state index contributed by atoms with van der Waals surface area (Å²) in [5, 5.41) is 0. The fourth-order valence-corrected chi connectivity index (χ4v) is 1.28. The summed E-state index contributed by atoms with van der Waals surface area (Å²) in [5.74, 6) is -2.03. The Bertz CT molecular complexity index is 473. The summed E-state index contributed by atoms with van der Waals surface area (Å²) in [4.78, 5) is 11.7. The lowest BCUT2D eigenvalue weighted by molar-refractivity contribution is -0.140. The second kappa shape index (κ2) is 5.28. The summed E-state index contributed by atoms with van der Waals surface area (Å²) in [6.07, 6.45) is -4.83. The van der Waals surface area contributed by atoms with Gasteiger partial charge in [0, 0.05) is 5.56 Å². The van der Waals surface area contributed by atoms with E-state index in [0.29, 0.717) is 12.1 Å².